The Hall–Kier alpha value is -1.44. The smallest absolute Gasteiger partial charge is 0.0431 e. The SMILES string of the molecule is C=C(N)c1ccccc1NC.CC. The Bertz CT molecular complexity index is 267. The second-order valence-corrected chi connectivity index (χ2v) is 2.32. The lowest BCUT2D eigenvalue weighted by Gasteiger charge is -2.06. The van der Waals surface area contributed by atoms with Gasteiger partial charge in [-0.05, 0) is 6.07 Å². The summed E-state index contributed by atoms with van der Waals surface area (Å²) in [5.74, 6) is 0. The Kier molecular flexibility index (Phi) is 5.44. The van der Waals surface area contributed by atoms with Gasteiger partial charge in [0, 0.05) is 24.0 Å². The minimum Gasteiger partial charge on any atom is -0.399 e. The molecule has 0 saturated carbocycles. The summed E-state index contributed by atoms with van der Waals surface area (Å²) >= 11 is 0. The van der Waals surface area contributed by atoms with E-state index in [4.69, 9.17) is 5.73 Å². The third-order valence-electron chi connectivity index (χ3n) is 1.54. The van der Waals surface area contributed by atoms with Crippen molar-refractivity contribution < 1.29 is 0 Å². The summed E-state index contributed by atoms with van der Waals surface area (Å²) in [5.41, 5.74) is 8.13. The van der Waals surface area contributed by atoms with E-state index in [-0.39, 0.29) is 0 Å². The molecule has 13 heavy (non-hydrogen) atoms. The van der Waals surface area contributed by atoms with Crippen LogP contribution in [0.3, 0.4) is 0 Å². The number of rotatable bonds is 2. The predicted octanol–water partition coefficient (Wildman–Crippen LogP) is 2.68. The summed E-state index contributed by atoms with van der Waals surface area (Å²) < 4.78 is 0. The molecule has 1 aromatic rings. The first-order chi connectivity index (χ1) is 6.25. The lowest BCUT2D eigenvalue weighted by atomic mass is 10.1. The van der Waals surface area contributed by atoms with Crippen molar-refractivity contribution in [2.45, 2.75) is 13.8 Å². The predicted molar refractivity (Wildman–Crippen MR) is 60.6 cm³/mol. The maximum atomic E-state index is 5.56. The van der Waals surface area contributed by atoms with Crippen molar-refractivity contribution in [3.63, 3.8) is 0 Å². The van der Waals surface area contributed by atoms with Gasteiger partial charge in [-0.1, -0.05) is 38.6 Å². The molecule has 0 atom stereocenters. The maximum absolute atomic E-state index is 5.56. The molecule has 1 aromatic carbocycles. The molecular weight excluding hydrogens is 160 g/mol. The Balaban J connectivity index is 0.000000671. The molecule has 0 radical (unpaired) electrons. The van der Waals surface area contributed by atoms with Crippen LogP contribution in [-0.2, 0) is 0 Å². The Labute approximate surface area is 80.5 Å². The highest BCUT2D eigenvalue weighted by molar-refractivity contribution is 5.72. The molecule has 72 valence electrons. The van der Waals surface area contributed by atoms with Crippen molar-refractivity contribution in [2.24, 2.45) is 5.73 Å². The summed E-state index contributed by atoms with van der Waals surface area (Å²) in [6, 6.07) is 7.80. The van der Waals surface area contributed by atoms with Crippen LogP contribution in [-0.4, -0.2) is 7.05 Å². The molecule has 2 nitrogen and oxygen atoms in total. The molecule has 2 heteroatoms. The molecule has 0 aromatic heterocycles. The van der Waals surface area contributed by atoms with Gasteiger partial charge in [-0.2, -0.15) is 0 Å². The number of para-hydroxylation sites is 1. The van der Waals surface area contributed by atoms with Gasteiger partial charge >= 0.3 is 0 Å². The zero-order valence-electron chi connectivity index (χ0n) is 8.59. The Morgan fingerprint density at radius 2 is 1.85 bits per heavy atom. The van der Waals surface area contributed by atoms with Gasteiger partial charge in [0.2, 0.25) is 0 Å². The summed E-state index contributed by atoms with van der Waals surface area (Å²) in [6.07, 6.45) is 0. The van der Waals surface area contributed by atoms with Gasteiger partial charge in [0.15, 0.2) is 0 Å². The summed E-state index contributed by atoms with van der Waals surface area (Å²) in [6.45, 7) is 7.67. The first kappa shape index (κ1) is 11.6. The number of hydrogen-bond acceptors (Lipinski definition) is 2. The zero-order valence-corrected chi connectivity index (χ0v) is 8.59. The average molecular weight is 178 g/mol. The summed E-state index contributed by atoms with van der Waals surface area (Å²) in [7, 11) is 1.86. The second kappa shape index (κ2) is 6.12. The van der Waals surface area contributed by atoms with Crippen molar-refractivity contribution >= 4 is 11.4 Å². The van der Waals surface area contributed by atoms with E-state index in [2.05, 4.69) is 11.9 Å². The highest BCUT2D eigenvalue weighted by Crippen LogP contribution is 2.17. The topological polar surface area (TPSA) is 38.0 Å². The highest BCUT2D eigenvalue weighted by atomic mass is 14.8. The Morgan fingerprint density at radius 3 is 2.23 bits per heavy atom. The van der Waals surface area contributed by atoms with Gasteiger partial charge < -0.3 is 11.1 Å². The summed E-state index contributed by atoms with van der Waals surface area (Å²) in [5, 5.41) is 3.04. The van der Waals surface area contributed by atoms with Crippen LogP contribution in [0.15, 0.2) is 30.8 Å². The van der Waals surface area contributed by atoms with Crippen molar-refractivity contribution in [3.05, 3.63) is 36.4 Å². The van der Waals surface area contributed by atoms with Crippen molar-refractivity contribution in [1.82, 2.24) is 0 Å². The fraction of sp³-hybridized carbons (Fsp3) is 0.273. The number of nitrogens with one attached hydrogen (secondary N) is 1. The first-order valence-corrected chi connectivity index (χ1v) is 4.47. The van der Waals surface area contributed by atoms with Gasteiger partial charge in [-0.15, -0.1) is 0 Å². The zero-order chi connectivity index (χ0) is 10.3. The lowest BCUT2D eigenvalue weighted by Crippen LogP contribution is -1.99. The average Bonchev–Trinajstić information content (AvgIpc) is 2.20. The number of benzene rings is 1. The minimum absolute atomic E-state index is 0.593. The van der Waals surface area contributed by atoms with E-state index in [1.807, 2.05) is 45.2 Å². The van der Waals surface area contributed by atoms with Gasteiger partial charge in [-0.3, -0.25) is 0 Å². The number of anilines is 1. The van der Waals surface area contributed by atoms with Gasteiger partial charge in [0.25, 0.3) is 0 Å². The molecule has 0 bridgehead atoms. The van der Waals surface area contributed by atoms with Crippen LogP contribution in [0.1, 0.15) is 19.4 Å². The molecule has 1 rings (SSSR count). The molecular formula is C11H18N2. The van der Waals surface area contributed by atoms with Crippen LogP contribution >= 0.6 is 0 Å². The molecule has 0 aliphatic heterocycles. The van der Waals surface area contributed by atoms with Gasteiger partial charge in [0.1, 0.15) is 0 Å². The third-order valence-corrected chi connectivity index (χ3v) is 1.54. The second-order valence-electron chi connectivity index (χ2n) is 2.32. The van der Waals surface area contributed by atoms with E-state index in [1.54, 1.807) is 0 Å². The minimum atomic E-state index is 0.593. The van der Waals surface area contributed by atoms with Crippen LogP contribution in [0.5, 0.6) is 0 Å². The molecule has 0 spiro atoms. The third kappa shape index (κ3) is 3.20. The quantitative estimate of drug-likeness (QED) is 0.730. The number of hydrogen-bond donors (Lipinski definition) is 2. The van der Waals surface area contributed by atoms with Crippen molar-refractivity contribution in [2.75, 3.05) is 12.4 Å². The van der Waals surface area contributed by atoms with Crippen LogP contribution in [0.25, 0.3) is 5.70 Å². The number of nitrogens with two attached hydrogens (primary N) is 1. The van der Waals surface area contributed by atoms with E-state index in [9.17, 15) is 0 Å². The van der Waals surface area contributed by atoms with Crippen LogP contribution in [0, 0.1) is 0 Å². The van der Waals surface area contributed by atoms with Crippen molar-refractivity contribution in [1.29, 1.82) is 0 Å². The van der Waals surface area contributed by atoms with Crippen LogP contribution < -0.4 is 11.1 Å². The standard InChI is InChI=1S/C9H12N2.C2H6/c1-7(10)8-5-3-4-6-9(8)11-2;1-2/h3-6,11H,1,10H2,2H3;1-2H3. The van der Waals surface area contributed by atoms with Crippen LogP contribution in [0.4, 0.5) is 5.69 Å². The van der Waals surface area contributed by atoms with E-state index >= 15 is 0 Å². The molecule has 0 unspecified atom stereocenters. The highest BCUT2D eigenvalue weighted by Gasteiger charge is 1.98. The van der Waals surface area contributed by atoms with E-state index < -0.39 is 0 Å². The molecule has 0 saturated heterocycles. The fourth-order valence-electron chi connectivity index (χ4n) is 0.981. The molecule has 0 heterocycles. The van der Waals surface area contributed by atoms with E-state index in [0.29, 0.717) is 5.70 Å². The van der Waals surface area contributed by atoms with Gasteiger partial charge in [-0.25, -0.2) is 0 Å². The molecule has 0 fully saturated rings. The van der Waals surface area contributed by atoms with Crippen LogP contribution in [0.2, 0.25) is 0 Å². The monoisotopic (exact) mass is 178 g/mol. The van der Waals surface area contributed by atoms with Gasteiger partial charge in [0.05, 0.1) is 0 Å². The molecule has 0 aliphatic rings. The molecule has 3 N–H and O–H groups in total. The Morgan fingerprint density at radius 1 is 1.31 bits per heavy atom. The molecule has 0 amide bonds. The largest absolute Gasteiger partial charge is 0.399 e. The fourth-order valence-corrected chi connectivity index (χ4v) is 0.981. The summed E-state index contributed by atoms with van der Waals surface area (Å²) in [4.78, 5) is 0. The maximum Gasteiger partial charge on any atom is 0.0431 e. The van der Waals surface area contributed by atoms with E-state index in [0.717, 1.165) is 11.3 Å². The molecule has 0 aliphatic carbocycles. The van der Waals surface area contributed by atoms with E-state index in [1.165, 1.54) is 0 Å². The lowest BCUT2D eigenvalue weighted by molar-refractivity contribution is 1.45. The van der Waals surface area contributed by atoms with Crippen molar-refractivity contribution in [3.8, 4) is 0 Å². The normalized spacial score (nSPS) is 8.23. The first-order valence-electron chi connectivity index (χ1n) is 4.47.